The van der Waals surface area contributed by atoms with Gasteiger partial charge in [0.15, 0.2) is 0 Å². The van der Waals surface area contributed by atoms with Gasteiger partial charge in [0, 0.05) is 145 Å². The average Bonchev–Trinajstić information content (AvgIpc) is 1.58. The maximum Gasteiger partial charge on any atom is 0.366 e. The van der Waals surface area contributed by atoms with Crippen LogP contribution in [0.4, 0.5) is 88.6 Å². The first kappa shape index (κ1) is 93.5. The number of aliphatic hydroxyl groups is 1. The molecule has 18 nitrogen and oxygen atoms in total. The minimum atomic E-state index is -3.92. The Morgan fingerprint density at radius 1 is 0.406 bits per heavy atom. The summed E-state index contributed by atoms with van der Waals surface area (Å²) in [4.78, 5) is 96.2. The Morgan fingerprint density at radius 2 is 0.719 bits per heavy atom. The first-order valence-corrected chi connectivity index (χ1v) is 41.7. The Balaban J connectivity index is 0.000000146. The number of fused-ring (bicyclic) bond motifs is 7. The Kier molecular flexibility index (Phi) is 27.5. The molecule has 676 valence electrons. The lowest BCUT2D eigenvalue weighted by Gasteiger charge is -2.40. The number of ketones is 2. The molecule has 6 saturated heterocycles. The van der Waals surface area contributed by atoms with E-state index in [2.05, 4.69) is 51.3 Å². The molecule has 128 heavy (non-hydrogen) atoms. The van der Waals surface area contributed by atoms with Crippen LogP contribution in [0.2, 0.25) is 0 Å². The fraction of sp³-hybridized carbons (Fsp3) is 0.368. The Morgan fingerprint density at radius 3 is 1.05 bits per heavy atom. The van der Waals surface area contributed by atoms with Gasteiger partial charge in [-0.3, -0.25) is 38.5 Å². The number of carbonyl (C=O) groups is 7. The van der Waals surface area contributed by atoms with Crippen LogP contribution in [-0.2, 0) is 38.1 Å². The molecule has 0 radical (unpaired) electrons. The number of aromatic nitrogens is 1. The number of aliphatic hydroxyl groups excluding tert-OH is 1. The molecule has 8 aliphatic rings. The van der Waals surface area contributed by atoms with E-state index in [-0.39, 0.29) is 107 Å². The van der Waals surface area contributed by atoms with Crippen LogP contribution < -0.4 is 26.6 Å². The summed E-state index contributed by atoms with van der Waals surface area (Å²) in [5.41, 5.74) is -3.34. The van der Waals surface area contributed by atoms with Gasteiger partial charge in [0.25, 0.3) is 29.5 Å². The van der Waals surface area contributed by atoms with Crippen molar-refractivity contribution in [2.75, 3.05) is 73.6 Å². The summed E-state index contributed by atoms with van der Waals surface area (Å²) in [5.74, 6) is -24.8. The summed E-state index contributed by atoms with van der Waals surface area (Å²) >= 11 is 0. The number of alkyl halides is 8. The van der Waals surface area contributed by atoms with Gasteiger partial charge in [-0.05, 0) is 260 Å². The van der Waals surface area contributed by atoms with Crippen LogP contribution in [0.3, 0.4) is 0 Å². The number of pyridine rings is 1. The van der Waals surface area contributed by atoms with Gasteiger partial charge in [0.1, 0.15) is 58.0 Å². The van der Waals surface area contributed by atoms with Crippen LogP contribution >= 0.6 is 0 Å². The molecule has 2 saturated carbocycles. The van der Waals surface area contributed by atoms with E-state index in [9.17, 15) is 69.4 Å². The smallest absolute Gasteiger partial charge is 0.366 e. The summed E-state index contributed by atoms with van der Waals surface area (Å²) in [6.45, 7) is 21.4. The van der Waals surface area contributed by atoms with Crippen LogP contribution in [0.25, 0.3) is 0 Å². The number of hydrogen-bond donors (Lipinski definition) is 6. The molecule has 6 aliphatic heterocycles. The molecular formula is C95H93F15N10O8. The summed E-state index contributed by atoms with van der Waals surface area (Å²) in [7, 11) is 0. The van der Waals surface area contributed by atoms with E-state index in [0.29, 0.717) is 90.9 Å². The number of allylic oxidation sites excluding steroid dienone is 3. The second-order valence-electron chi connectivity index (χ2n) is 34.1. The average molecular weight is 1790 g/mol. The number of nitrogens with zero attached hydrogens (tertiary/aromatic N) is 5. The van der Waals surface area contributed by atoms with Crippen molar-refractivity contribution in [3.63, 3.8) is 0 Å². The number of aryl methyl sites for hydroxylation is 4. The van der Waals surface area contributed by atoms with Crippen molar-refractivity contribution in [2.24, 2.45) is 41.4 Å². The molecule has 8 fully saturated rings. The molecule has 16 rings (SSSR count). The highest BCUT2D eigenvalue weighted by atomic mass is 19.3. The lowest BCUT2D eigenvalue weighted by Crippen LogP contribution is -2.52. The second kappa shape index (κ2) is 37.7. The molecule has 9 atom stereocenters. The highest BCUT2D eigenvalue weighted by molar-refractivity contribution is 6.07. The van der Waals surface area contributed by atoms with Crippen LogP contribution in [0.5, 0.6) is 0 Å². The largest absolute Gasteiger partial charge is 0.392 e. The first-order valence-electron chi connectivity index (χ1n) is 41.7. The van der Waals surface area contributed by atoms with Crippen molar-refractivity contribution < 1.29 is 105 Å². The number of amides is 5. The molecule has 7 heterocycles. The highest BCUT2D eigenvalue weighted by Crippen LogP contribution is 2.49. The van der Waals surface area contributed by atoms with Gasteiger partial charge in [0.2, 0.25) is 0 Å². The third kappa shape index (κ3) is 19.9. The standard InChI is InChI=1S/C24H24F4N2O2.C24H22F4N2O2.C24H24F3N3O3.C23H23F4N3O/c2*1-13-9-18(6-8-20(13)25)29-23(32)15-5-7-21(26)19(10-15)24(27,28)14(2)30-11-16-3-4-17(12-30)22(16)31;1-13-9-17(3-6-20(13)25)29-22(32)15-7-8-28-21(12-15)24(26,27)23(33)30-18-4-5-19(30)11-16(10-18)14(2)31;1-13-7-18(4-6-20(13)24)29-22(31)15-3-5-21(25)19(8-15)23(26,27)14(2)30-11-16-9-28-10-17(16)12-30/h5-10,16-17,22,31H,2-4,11-12H2,1H3,(H,29,32);5-10,16-17H,2-4,11-12H2,1H3,(H,29,32);3,6-9,12,16,18-19H,4-5,10-11H2,1-2H3,(H,29,32);3-8,16-17,28H,2,9-12H2,1H3,(H,29,31)/t;;16?,18-,19+;. The maximum absolute atomic E-state index is 15.3. The molecule has 0 spiro atoms. The lowest BCUT2D eigenvalue weighted by molar-refractivity contribution is -0.165. The molecule has 2 aliphatic carbocycles. The van der Waals surface area contributed by atoms with Gasteiger partial charge in [0.05, 0.1) is 39.9 Å². The monoisotopic (exact) mass is 1790 g/mol. The van der Waals surface area contributed by atoms with Gasteiger partial charge >= 0.3 is 23.7 Å². The zero-order valence-electron chi connectivity index (χ0n) is 70.3. The number of halogens is 15. The minimum absolute atomic E-state index is 0.0162. The zero-order chi connectivity index (χ0) is 92.7. The Bertz CT molecular complexity index is 5660. The number of benzene rings is 7. The second-order valence-corrected chi connectivity index (χ2v) is 34.1. The van der Waals surface area contributed by atoms with Crippen LogP contribution in [0.1, 0.15) is 144 Å². The van der Waals surface area contributed by atoms with Gasteiger partial charge in [-0.2, -0.15) is 35.1 Å². The zero-order valence-corrected chi connectivity index (χ0v) is 70.3. The number of nitrogens with one attached hydrogen (secondary N) is 5. The first-order chi connectivity index (χ1) is 60.4. The predicted molar refractivity (Wildman–Crippen MR) is 448 cm³/mol. The predicted octanol–water partition coefficient (Wildman–Crippen LogP) is 18.4. The van der Waals surface area contributed by atoms with E-state index in [1.807, 2.05) is 0 Å². The molecular weight excluding hydrogens is 1690 g/mol. The highest BCUT2D eigenvalue weighted by Gasteiger charge is 2.55. The SMILES string of the molecule is C=C(N1CC2CCC(C1)C2=O)C(F)(F)c1cc(C(=O)Nc2ccc(F)c(C)c2)ccc1F.C=C(N1CC2CCC(C1)C2O)C(F)(F)c1cc(C(=O)Nc2ccc(F)c(C)c2)ccc1F.C=C(N1CC2CNCC2C1)C(F)(F)c1cc(C(=O)Nc2ccc(F)c(C)c2)ccc1F.CC(=O)C1C[C@H]2CC[C@@H](C1)N2C(=O)C(F)(F)c1cc(C(=O)Nc2ccc(F)c(C)c2)ccn1. The van der Waals surface area contributed by atoms with Gasteiger partial charge < -0.3 is 51.3 Å². The van der Waals surface area contributed by atoms with Crippen LogP contribution in [0, 0.1) is 110 Å². The van der Waals surface area contributed by atoms with E-state index < -0.39 is 152 Å². The number of carbonyl (C=O) groups excluding carboxylic acids is 7. The molecule has 1 aromatic heterocycles. The number of Topliss-reactive ketones (excluding diaryl/α,β-unsaturated/α-hetero) is 2. The molecule has 5 amide bonds. The molecule has 7 unspecified atom stereocenters. The van der Waals surface area contributed by atoms with Crippen molar-refractivity contribution in [1.29, 1.82) is 0 Å². The topological polar surface area (TPSA) is 226 Å². The summed E-state index contributed by atoms with van der Waals surface area (Å²) < 4.78 is 219. The minimum Gasteiger partial charge on any atom is -0.392 e. The third-order valence-corrected chi connectivity index (χ3v) is 25.5. The van der Waals surface area contributed by atoms with Gasteiger partial charge in [-0.1, -0.05) is 19.7 Å². The number of hydrogen-bond acceptors (Lipinski definition) is 13. The van der Waals surface area contributed by atoms with E-state index in [4.69, 9.17) is 0 Å². The molecule has 7 aromatic carbocycles. The van der Waals surface area contributed by atoms with E-state index >= 15 is 35.1 Å². The van der Waals surface area contributed by atoms with Crippen molar-refractivity contribution in [3.8, 4) is 0 Å². The van der Waals surface area contributed by atoms with Gasteiger partial charge in [-0.25, -0.2) is 30.7 Å². The lowest BCUT2D eigenvalue weighted by atomic mass is 9.87. The Hall–Kier alpha value is -12.1. The van der Waals surface area contributed by atoms with E-state index in [1.165, 1.54) is 133 Å². The fourth-order valence-corrected chi connectivity index (χ4v) is 18.0. The van der Waals surface area contributed by atoms with Crippen LogP contribution in [-0.4, -0.2) is 141 Å². The summed E-state index contributed by atoms with van der Waals surface area (Å²) in [5, 5.41) is 23.5. The summed E-state index contributed by atoms with van der Waals surface area (Å²) in [6.07, 6.45) is 5.33. The molecule has 33 heteroatoms. The van der Waals surface area contributed by atoms with Crippen molar-refractivity contribution in [2.45, 2.75) is 128 Å². The van der Waals surface area contributed by atoms with E-state index in [0.717, 1.165) is 92.8 Å². The normalized spacial score (nSPS) is 21.5. The molecule has 6 N–H and O–H groups in total. The quantitative estimate of drug-likeness (QED) is 0.0391. The van der Waals surface area contributed by atoms with Crippen molar-refractivity contribution >= 4 is 63.9 Å². The Labute approximate surface area is 728 Å². The van der Waals surface area contributed by atoms with E-state index in [1.54, 1.807) is 0 Å². The number of likely N-dealkylation sites (tertiary alicyclic amines) is 3. The van der Waals surface area contributed by atoms with Gasteiger partial charge in [-0.15, -0.1) is 0 Å². The molecule has 8 aromatic rings. The molecule has 6 bridgehead atoms. The number of rotatable bonds is 20. The number of piperidine rings is 3. The van der Waals surface area contributed by atoms with Crippen molar-refractivity contribution in [3.05, 3.63) is 290 Å². The summed E-state index contributed by atoms with van der Waals surface area (Å²) in [6, 6.07) is 25.5. The van der Waals surface area contributed by atoms with Crippen molar-refractivity contribution in [1.82, 2.24) is 29.9 Å². The fourth-order valence-electron chi connectivity index (χ4n) is 18.0. The number of anilines is 4. The van der Waals surface area contributed by atoms with Crippen LogP contribution in [0.15, 0.2) is 183 Å². The third-order valence-electron chi connectivity index (χ3n) is 25.5. The maximum atomic E-state index is 15.3.